The normalized spacial score (nSPS) is 35.9. The number of rotatable bonds is 5. The summed E-state index contributed by atoms with van der Waals surface area (Å²) < 4.78 is 0. The summed E-state index contributed by atoms with van der Waals surface area (Å²) in [5.41, 5.74) is -0.677. The summed E-state index contributed by atoms with van der Waals surface area (Å²) in [5, 5.41) is 12.9. The third-order valence-corrected chi connectivity index (χ3v) is 5.28. The van der Waals surface area contributed by atoms with Gasteiger partial charge in [-0.1, -0.05) is 26.7 Å². The van der Waals surface area contributed by atoms with Gasteiger partial charge in [0.1, 0.15) is 5.54 Å². The zero-order valence-electron chi connectivity index (χ0n) is 13.0. The van der Waals surface area contributed by atoms with Gasteiger partial charge in [-0.05, 0) is 51.6 Å². The highest BCUT2D eigenvalue weighted by molar-refractivity contribution is 5.79. The fourth-order valence-corrected chi connectivity index (χ4v) is 4.19. The lowest BCUT2D eigenvalue weighted by molar-refractivity contribution is -0.144. The summed E-state index contributed by atoms with van der Waals surface area (Å²) in [6.07, 6.45) is 8.98. The molecule has 2 N–H and O–H groups in total. The average Bonchev–Trinajstić information content (AvgIpc) is 2.71. The maximum Gasteiger partial charge on any atom is 0.323 e. The van der Waals surface area contributed by atoms with Crippen molar-refractivity contribution in [2.75, 3.05) is 13.1 Å². The number of likely N-dealkylation sites (tertiary alicyclic amines) is 1. The van der Waals surface area contributed by atoms with E-state index in [0.717, 1.165) is 32.4 Å². The van der Waals surface area contributed by atoms with Crippen LogP contribution < -0.4 is 5.32 Å². The molecule has 3 unspecified atom stereocenters. The molecule has 3 atom stereocenters. The Morgan fingerprint density at radius 2 is 2.10 bits per heavy atom. The van der Waals surface area contributed by atoms with Crippen molar-refractivity contribution in [2.24, 2.45) is 0 Å². The lowest BCUT2D eigenvalue weighted by Gasteiger charge is -2.35. The van der Waals surface area contributed by atoms with E-state index in [1.807, 2.05) is 6.92 Å². The molecule has 0 spiro atoms. The van der Waals surface area contributed by atoms with Gasteiger partial charge in [-0.3, -0.25) is 9.69 Å². The number of likely N-dealkylation sites (N-methyl/N-ethyl adjacent to an activating group) is 1. The Bertz CT molecular complexity index is 334. The molecule has 116 valence electrons. The van der Waals surface area contributed by atoms with Gasteiger partial charge in [-0.15, -0.1) is 0 Å². The van der Waals surface area contributed by atoms with Crippen LogP contribution in [0, 0.1) is 0 Å². The van der Waals surface area contributed by atoms with Gasteiger partial charge in [-0.2, -0.15) is 0 Å². The zero-order valence-corrected chi connectivity index (χ0v) is 13.0. The van der Waals surface area contributed by atoms with Crippen LogP contribution in [0.5, 0.6) is 0 Å². The van der Waals surface area contributed by atoms with Crippen LogP contribution in [0.1, 0.15) is 65.2 Å². The van der Waals surface area contributed by atoms with Gasteiger partial charge in [0.15, 0.2) is 0 Å². The maximum atomic E-state index is 11.7. The van der Waals surface area contributed by atoms with Gasteiger partial charge in [0.2, 0.25) is 0 Å². The lowest BCUT2D eigenvalue weighted by Crippen LogP contribution is -2.52. The quantitative estimate of drug-likeness (QED) is 0.814. The van der Waals surface area contributed by atoms with E-state index < -0.39 is 11.5 Å². The number of hydrogen-bond acceptors (Lipinski definition) is 3. The van der Waals surface area contributed by atoms with Crippen molar-refractivity contribution in [3.8, 4) is 0 Å². The first kappa shape index (κ1) is 15.8. The first-order valence-corrected chi connectivity index (χ1v) is 8.37. The highest BCUT2D eigenvalue weighted by Gasteiger charge is 2.47. The van der Waals surface area contributed by atoms with Gasteiger partial charge in [0.05, 0.1) is 0 Å². The van der Waals surface area contributed by atoms with Gasteiger partial charge in [-0.25, -0.2) is 0 Å². The van der Waals surface area contributed by atoms with Crippen molar-refractivity contribution in [3.05, 3.63) is 0 Å². The third kappa shape index (κ3) is 3.17. The van der Waals surface area contributed by atoms with E-state index in [9.17, 15) is 9.90 Å². The molecule has 20 heavy (non-hydrogen) atoms. The molecule has 1 heterocycles. The Balaban J connectivity index is 2.07. The van der Waals surface area contributed by atoms with Crippen molar-refractivity contribution < 1.29 is 9.90 Å². The highest BCUT2D eigenvalue weighted by atomic mass is 16.4. The summed E-state index contributed by atoms with van der Waals surface area (Å²) in [4.78, 5) is 14.3. The van der Waals surface area contributed by atoms with Gasteiger partial charge >= 0.3 is 5.97 Å². The molecule has 2 rings (SSSR count). The van der Waals surface area contributed by atoms with Crippen molar-refractivity contribution in [1.82, 2.24) is 10.2 Å². The van der Waals surface area contributed by atoms with Crippen LogP contribution in [0.25, 0.3) is 0 Å². The second kappa shape index (κ2) is 6.90. The van der Waals surface area contributed by atoms with E-state index in [-0.39, 0.29) is 0 Å². The maximum absolute atomic E-state index is 11.7. The van der Waals surface area contributed by atoms with E-state index in [1.165, 1.54) is 32.1 Å². The fourth-order valence-electron chi connectivity index (χ4n) is 4.19. The summed E-state index contributed by atoms with van der Waals surface area (Å²) in [6.45, 7) is 6.16. The Kier molecular flexibility index (Phi) is 5.44. The van der Waals surface area contributed by atoms with Crippen LogP contribution >= 0.6 is 0 Å². The van der Waals surface area contributed by atoms with Crippen molar-refractivity contribution in [3.63, 3.8) is 0 Å². The van der Waals surface area contributed by atoms with E-state index in [4.69, 9.17) is 0 Å². The van der Waals surface area contributed by atoms with Gasteiger partial charge in [0, 0.05) is 12.1 Å². The van der Waals surface area contributed by atoms with Crippen LogP contribution in [-0.4, -0.2) is 46.7 Å². The van der Waals surface area contributed by atoms with Crippen LogP contribution in [-0.2, 0) is 4.79 Å². The number of nitrogens with one attached hydrogen (secondary N) is 1. The number of carbonyl (C=O) groups is 1. The predicted octanol–water partition coefficient (Wildman–Crippen LogP) is 2.63. The summed E-state index contributed by atoms with van der Waals surface area (Å²) >= 11 is 0. The minimum Gasteiger partial charge on any atom is -0.480 e. The molecule has 1 saturated heterocycles. The number of aliphatic carboxylic acids is 1. The minimum atomic E-state index is -0.677. The summed E-state index contributed by atoms with van der Waals surface area (Å²) in [5.74, 6) is -0.662. The molecule has 0 bridgehead atoms. The van der Waals surface area contributed by atoms with E-state index in [1.54, 1.807) is 0 Å². The number of nitrogens with zero attached hydrogens (tertiary/aromatic N) is 1. The second-order valence-electron chi connectivity index (χ2n) is 6.46. The number of hydrogen-bond donors (Lipinski definition) is 2. The monoisotopic (exact) mass is 282 g/mol. The van der Waals surface area contributed by atoms with Crippen LogP contribution in [0.3, 0.4) is 0 Å². The smallest absolute Gasteiger partial charge is 0.323 e. The molecule has 0 aromatic heterocycles. The molecule has 2 fully saturated rings. The molecule has 1 saturated carbocycles. The number of carboxylic acid groups (broad SMARTS) is 1. The largest absolute Gasteiger partial charge is 0.480 e. The third-order valence-electron chi connectivity index (χ3n) is 5.28. The van der Waals surface area contributed by atoms with Crippen LogP contribution in [0.2, 0.25) is 0 Å². The van der Waals surface area contributed by atoms with Crippen molar-refractivity contribution in [1.29, 1.82) is 0 Å². The zero-order chi connectivity index (χ0) is 14.6. The van der Waals surface area contributed by atoms with Crippen molar-refractivity contribution in [2.45, 2.75) is 82.8 Å². The van der Waals surface area contributed by atoms with E-state index >= 15 is 0 Å². The highest BCUT2D eigenvalue weighted by Crippen LogP contribution is 2.36. The second-order valence-corrected chi connectivity index (χ2v) is 6.46. The Morgan fingerprint density at radius 3 is 2.75 bits per heavy atom. The lowest BCUT2D eigenvalue weighted by atomic mass is 9.96. The van der Waals surface area contributed by atoms with E-state index in [0.29, 0.717) is 12.1 Å². The first-order chi connectivity index (χ1) is 9.63. The standard InChI is InChI=1S/C16H30N2O2/c1-3-13-8-6-5-7-11-18(13)14-9-10-16(12-14,15(19)20)17-4-2/h13-14,17H,3-12H2,1-2H3,(H,19,20). The Morgan fingerprint density at radius 1 is 1.30 bits per heavy atom. The van der Waals surface area contributed by atoms with Gasteiger partial charge < -0.3 is 10.4 Å². The SMILES string of the molecule is CCNC1(C(=O)O)CCC(N2CCCCCC2CC)C1. The summed E-state index contributed by atoms with van der Waals surface area (Å²) in [7, 11) is 0. The molecule has 2 aliphatic rings. The Hall–Kier alpha value is -0.610. The minimum absolute atomic E-state index is 0.452. The van der Waals surface area contributed by atoms with Crippen LogP contribution in [0.15, 0.2) is 0 Å². The summed E-state index contributed by atoms with van der Waals surface area (Å²) in [6, 6.07) is 1.11. The molecule has 0 amide bonds. The molecule has 1 aliphatic carbocycles. The molecule has 1 aliphatic heterocycles. The van der Waals surface area contributed by atoms with E-state index in [2.05, 4.69) is 17.1 Å². The molecule has 0 radical (unpaired) electrons. The first-order valence-electron chi connectivity index (χ1n) is 8.37. The molecule has 4 nitrogen and oxygen atoms in total. The topological polar surface area (TPSA) is 52.6 Å². The molecule has 0 aromatic rings. The molecular formula is C16H30N2O2. The van der Waals surface area contributed by atoms with Gasteiger partial charge in [0.25, 0.3) is 0 Å². The Labute approximate surface area is 122 Å². The van der Waals surface area contributed by atoms with Crippen molar-refractivity contribution >= 4 is 5.97 Å². The molecule has 4 heteroatoms. The predicted molar refractivity (Wildman–Crippen MR) is 80.9 cm³/mol. The molecule has 0 aromatic carbocycles. The average molecular weight is 282 g/mol. The number of carboxylic acids is 1. The fraction of sp³-hybridized carbons (Fsp3) is 0.938. The van der Waals surface area contributed by atoms with Crippen LogP contribution in [0.4, 0.5) is 0 Å². The molecular weight excluding hydrogens is 252 g/mol.